The van der Waals surface area contributed by atoms with Crippen LogP contribution in [0.4, 0.5) is 0 Å². The third-order valence-corrected chi connectivity index (χ3v) is 5.39. The number of aliphatic hydroxyl groups is 1. The Bertz CT molecular complexity index is 688. The monoisotopic (exact) mass is 421 g/mol. The van der Waals surface area contributed by atoms with Crippen LogP contribution in [-0.4, -0.2) is 57.6 Å². The molecule has 30 heavy (non-hydrogen) atoms. The Labute approximate surface area is 181 Å². The summed E-state index contributed by atoms with van der Waals surface area (Å²) < 4.78 is 16.7. The van der Waals surface area contributed by atoms with Gasteiger partial charge >= 0.3 is 0 Å². The topological polar surface area (TPSA) is 84.3 Å². The first-order chi connectivity index (χ1) is 14.3. The Morgan fingerprint density at radius 2 is 2.03 bits per heavy atom. The smallest absolute Gasteiger partial charge is 0.191 e. The lowest BCUT2D eigenvalue weighted by molar-refractivity contribution is -0.0835. The van der Waals surface area contributed by atoms with E-state index in [4.69, 9.17) is 14.2 Å². The second-order valence-corrected chi connectivity index (χ2v) is 8.78. The third kappa shape index (κ3) is 6.77. The highest BCUT2D eigenvalue weighted by Gasteiger charge is 2.35. The summed E-state index contributed by atoms with van der Waals surface area (Å²) in [5, 5.41) is 17.4. The first-order valence-electron chi connectivity index (χ1n) is 10.8. The number of ether oxygens (including phenoxy) is 3. The maximum atomic E-state index is 10.7. The molecule has 3 atom stereocenters. The summed E-state index contributed by atoms with van der Waals surface area (Å²) >= 11 is 0. The van der Waals surface area contributed by atoms with Crippen molar-refractivity contribution in [3.8, 4) is 11.5 Å². The molecule has 1 aliphatic rings. The van der Waals surface area contributed by atoms with E-state index in [1.54, 1.807) is 26.4 Å². The van der Waals surface area contributed by atoms with Crippen molar-refractivity contribution >= 4 is 5.96 Å². The molecule has 2 rings (SSSR count). The van der Waals surface area contributed by atoms with Gasteiger partial charge in [0.2, 0.25) is 0 Å². The first kappa shape index (κ1) is 24.3. The van der Waals surface area contributed by atoms with Gasteiger partial charge in [-0.3, -0.25) is 4.99 Å². The molecule has 1 fully saturated rings. The van der Waals surface area contributed by atoms with E-state index in [1.807, 2.05) is 13.0 Å². The number of methoxy groups -OCH3 is 2. The minimum absolute atomic E-state index is 0.0986. The van der Waals surface area contributed by atoms with Crippen LogP contribution in [0, 0.1) is 11.3 Å². The van der Waals surface area contributed by atoms with Crippen LogP contribution in [0.1, 0.15) is 52.2 Å². The second-order valence-electron chi connectivity index (χ2n) is 8.78. The molecule has 0 saturated carbocycles. The van der Waals surface area contributed by atoms with Gasteiger partial charge in [0.25, 0.3) is 0 Å². The minimum Gasteiger partial charge on any atom is -0.497 e. The Morgan fingerprint density at radius 3 is 2.67 bits per heavy atom. The van der Waals surface area contributed by atoms with Crippen molar-refractivity contribution in [1.29, 1.82) is 0 Å². The molecule has 0 radical (unpaired) electrons. The zero-order chi connectivity index (χ0) is 22.1. The van der Waals surface area contributed by atoms with Gasteiger partial charge in [0.15, 0.2) is 5.96 Å². The van der Waals surface area contributed by atoms with E-state index in [1.165, 1.54) is 0 Å². The second kappa shape index (κ2) is 11.4. The molecular weight excluding hydrogens is 382 g/mol. The molecule has 0 aromatic heterocycles. The summed E-state index contributed by atoms with van der Waals surface area (Å²) in [7, 11) is 3.19. The number of nitrogens with one attached hydrogen (secondary N) is 2. The normalized spacial score (nSPS) is 21.1. The van der Waals surface area contributed by atoms with Gasteiger partial charge in [0, 0.05) is 31.2 Å². The van der Waals surface area contributed by atoms with Crippen LogP contribution in [0.15, 0.2) is 23.2 Å². The quantitative estimate of drug-likeness (QED) is 0.442. The Kier molecular flexibility index (Phi) is 9.24. The number of aliphatic imine (C=N–C) groups is 1. The van der Waals surface area contributed by atoms with Gasteiger partial charge in [-0.2, -0.15) is 0 Å². The summed E-state index contributed by atoms with van der Waals surface area (Å²) in [6.45, 7) is 11.3. The molecule has 1 aromatic carbocycles. The average Bonchev–Trinajstić information content (AvgIpc) is 2.74. The Balaban J connectivity index is 2.05. The van der Waals surface area contributed by atoms with E-state index >= 15 is 0 Å². The summed E-state index contributed by atoms with van der Waals surface area (Å²) in [6.07, 6.45) is 1.64. The van der Waals surface area contributed by atoms with Crippen molar-refractivity contribution in [2.24, 2.45) is 16.3 Å². The van der Waals surface area contributed by atoms with E-state index in [0.29, 0.717) is 28.9 Å². The number of rotatable bonds is 8. The van der Waals surface area contributed by atoms with Gasteiger partial charge in [0.05, 0.1) is 26.9 Å². The van der Waals surface area contributed by atoms with Crippen LogP contribution in [-0.2, 0) is 4.74 Å². The van der Waals surface area contributed by atoms with Crippen molar-refractivity contribution in [3.05, 3.63) is 23.8 Å². The Hall–Kier alpha value is -1.99. The van der Waals surface area contributed by atoms with Crippen LogP contribution in [0.5, 0.6) is 11.5 Å². The number of hydrogen-bond acceptors (Lipinski definition) is 5. The fourth-order valence-electron chi connectivity index (χ4n) is 3.95. The number of aliphatic hydroxyl groups excluding tert-OH is 1. The molecule has 1 aromatic rings. The first-order valence-corrected chi connectivity index (χ1v) is 10.8. The molecule has 3 unspecified atom stereocenters. The number of guanidine groups is 1. The average molecular weight is 422 g/mol. The molecule has 7 heteroatoms. The minimum atomic E-state index is -0.800. The lowest BCUT2D eigenvalue weighted by Gasteiger charge is -2.40. The van der Waals surface area contributed by atoms with Crippen molar-refractivity contribution in [2.45, 2.75) is 52.7 Å². The van der Waals surface area contributed by atoms with E-state index in [0.717, 1.165) is 32.5 Å². The van der Waals surface area contributed by atoms with Gasteiger partial charge in [-0.05, 0) is 43.4 Å². The number of hydrogen-bond donors (Lipinski definition) is 3. The summed E-state index contributed by atoms with van der Waals surface area (Å²) in [5.74, 6) is 2.40. The molecule has 0 bridgehead atoms. The van der Waals surface area contributed by atoms with Crippen LogP contribution in [0.25, 0.3) is 0 Å². The zero-order valence-electron chi connectivity index (χ0n) is 19.3. The molecule has 1 heterocycles. The van der Waals surface area contributed by atoms with Gasteiger partial charge in [-0.1, -0.05) is 20.8 Å². The fourth-order valence-corrected chi connectivity index (χ4v) is 3.95. The lowest BCUT2D eigenvalue weighted by atomic mass is 9.78. The molecule has 1 saturated heterocycles. The Morgan fingerprint density at radius 1 is 1.27 bits per heavy atom. The molecule has 7 nitrogen and oxygen atoms in total. The summed E-state index contributed by atoms with van der Waals surface area (Å²) in [5.41, 5.74) is 0.756. The van der Waals surface area contributed by atoms with Crippen LogP contribution in [0.3, 0.4) is 0 Å². The summed E-state index contributed by atoms with van der Waals surface area (Å²) in [4.78, 5) is 4.60. The van der Waals surface area contributed by atoms with Gasteiger partial charge < -0.3 is 30.0 Å². The fraction of sp³-hybridized carbons (Fsp3) is 0.696. The molecule has 0 amide bonds. The largest absolute Gasteiger partial charge is 0.497 e. The van der Waals surface area contributed by atoms with Gasteiger partial charge in [-0.15, -0.1) is 0 Å². The van der Waals surface area contributed by atoms with Crippen molar-refractivity contribution in [1.82, 2.24) is 10.6 Å². The van der Waals surface area contributed by atoms with E-state index < -0.39 is 6.10 Å². The highest BCUT2D eigenvalue weighted by atomic mass is 16.5. The number of nitrogens with zero attached hydrogens (tertiary/aromatic N) is 1. The molecule has 3 N–H and O–H groups in total. The SMILES string of the molecule is CCNC(=NCC(O)c1cc(OC)ccc1OC)NCC1CCCOC1C(C)(C)C. The van der Waals surface area contributed by atoms with E-state index in [9.17, 15) is 5.11 Å². The predicted molar refractivity (Wildman–Crippen MR) is 120 cm³/mol. The molecule has 0 aliphatic carbocycles. The van der Waals surface area contributed by atoms with Crippen LogP contribution >= 0.6 is 0 Å². The molecular formula is C23H39N3O4. The third-order valence-electron chi connectivity index (χ3n) is 5.39. The summed E-state index contributed by atoms with van der Waals surface area (Å²) in [6, 6.07) is 5.38. The zero-order valence-corrected chi connectivity index (χ0v) is 19.3. The van der Waals surface area contributed by atoms with Crippen molar-refractivity contribution in [3.63, 3.8) is 0 Å². The highest BCUT2D eigenvalue weighted by Crippen LogP contribution is 2.33. The molecule has 170 valence electrons. The number of benzene rings is 1. The van der Waals surface area contributed by atoms with Crippen molar-refractivity contribution < 1.29 is 19.3 Å². The van der Waals surface area contributed by atoms with E-state index in [2.05, 4.69) is 36.4 Å². The van der Waals surface area contributed by atoms with E-state index in [-0.39, 0.29) is 18.1 Å². The van der Waals surface area contributed by atoms with Crippen molar-refractivity contribution in [2.75, 3.05) is 40.5 Å². The maximum Gasteiger partial charge on any atom is 0.191 e. The van der Waals surface area contributed by atoms with Crippen LogP contribution < -0.4 is 20.1 Å². The van der Waals surface area contributed by atoms with Gasteiger partial charge in [0.1, 0.15) is 17.6 Å². The van der Waals surface area contributed by atoms with Crippen LogP contribution in [0.2, 0.25) is 0 Å². The highest BCUT2D eigenvalue weighted by molar-refractivity contribution is 5.79. The lowest BCUT2D eigenvalue weighted by Crippen LogP contribution is -2.47. The standard InChI is InChI=1S/C23H39N3O4/c1-7-24-22(25-14-16-9-8-12-30-21(16)23(2,3)4)26-15-19(27)18-13-17(28-5)10-11-20(18)29-6/h10-11,13,16,19,21,27H,7-9,12,14-15H2,1-6H3,(H2,24,25,26). The maximum absolute atomic E-state index is 10.7. The predicted octanol–water partition coefficient (Wildman–Crippen LogP) is 3.13. The van der Waals surface area contributed by atoms with Gasteiger partial charge in [-0.25, -0.2) is 0 Å². The molecule has 1 aliphatic heterocycles. The molecule has 0 spiro atoms.